The Morgan fingerprint density at radius 3 is 1.85 bits per heavy atom. The molecule has 0 unspecified atom stereocenters. The molecule has 5 nitrogen and oxygen atoms in total. The highest BCUT2D eigenvalue weighted by Crippen LogP contribution is 2.06. The summed E-state index contributed by atoms with van der Waals surface area (Å²) in [6.07, 6.45) is 0. The number of rotatable bonds is 4. The minimum atomic E-state index is -0.563. The molecule has 5 heteroatoms. The SMILES string of the molecule is CC(C)=C(CO)C(=O)N(CO)CO. The second-order valence-corrected chi connectivity index (χ2v) is 2.76. The van der Waals surface area contributed by atoms with Gasteiger partial charge in [0.1, 0.15) is 13.5 Å². The third kappa shape index (κ3) is 3.14. The number of amides is 1. The molecule has 0 aliphatic heterocycles. The summed E-state index contributed by atoms with van der Waals surface area (Å²) in [6, 6.07) is 0. The Bertz CT molecular complexity index is 204. The molecule has 13 heavy (non-hydrogen) atoms. The first-order valence-electron chi connectivity index (χ1n) is 3.86. The highest BCUT2D eigenvalue weighted by Gasteiger charge is 2.16. The molecule has 0 aromatic carbocycles. The minimum absolute atomic E-state index is 0.197. The van der Waals surface area contributed by atoms with Crippen LogP contribution in [0.15, 0.2) is 11.1 Å². The van der Waals surface area contributed by atoms with Crippen LogP contribution in [0.4, 0.5) is 0 Å². The summed E-state index contributed by atoms with van der Waals surface area (Å²) in [7, 11) is 0. The van der Waals surface area contributed by atoms with Gasteiger partial charge < -0.3 is 15.3 Å². The average molecular weight is 189 g/mol. The van der Waals surface area contributed by atoms with E-state index in [0.717, 1.165) is 4.90 Å². The molecule has 0 atom stereocenters. The second-order valence-electron chi connectivity index (χ2n) is 2.76. The van der Waals surface area contributed by atoms with Crippen molar-refractivity contribution in [3.63, 3.8) is 0 Å². The fourth-order valence-electron chi connectivity index (χ4n) is 0.804. The van der Waals surface area contributed by atoms with E-state index in [-0.39, 0.29) is 5.57 Å². The number of allylic oxidation sites excluding steroid dienone is 1. The van der Waals surface area contributed by atoms with Crippen molar-refractivity contribution >= 4 is 5.91 Å². The van der Waals surface area contributed by atoms with Crippen LogP contribution >= 0.6 is 0 Å². The standard InChI is InChI=1S/C8H15NO4/c1-6(2)7(3-10)8(13)9(4-11)5-12/h10-12H,3-5H2,1-2H3. The van der Waals surface area contributed by atoms with Gasteiger partial charge in [0.05, 0.1) is 6.61 Å². The smallest absolute Gasteiger partial charge is 0.255 e. The molecule has 0 aliphatic rings. The van der Waals surface area contributed by atoms with E-state index in [4.69, 9.17) is 15.3 Å². The lowest BCUT2D eigenvalue weighted by Gasteiger charge is -2.18. The van der Waals surface area contributed by atoms with E-state index >= 15 is 0 Å². The van der Waals surface area contributed by atoms with Gasteiger partial charge in [-0.3, -0.25) is 9.69 Å². The lowest BCUT2D eigenvalue weighted by Crippen LogP contribution is -2.35. The monoisotopic (exact) mass is 189 g/mol. The van der Waals surface area contributed by atoms with E-state index in [9.17, 15) is 4.79 Å². The Balaban J connectivity index is 4.65. The molecule has 3 N–H and O–H groups in total. The van der Waals surface area contributed by atoms with E-state index in [1.54, 1.807) is 13.8 Å². The first-order valence-corrected chi connectivity index (χ1v) is 3.86. The second kappa shape index (κ2) is 5.69. The summed E-state index contributed by atoms with van der Waals surface area (Å²) in [6.45, 7) is 1.84. The number of nitrogens with zero attached hydrogens (tertiary/aromatic N) is 1. The Morgan fingerprint density at radius 1 is 1.15 bits per heavy atom. The van der Waals surface area contributed by atoms with Gasteiger partial charge in [-0.05, 0) is 13.8 Å². The van der Waals surface area contributed by atoms with Crippen LogP contribution in [-0.2, 0) is 4.79 Å². The van der Waals surface area contributed by atoms with Crippen molar-refractivity contribution in [1.29, 1.82) is 0 Å². The van der Waals surface area contributed by atoms with Crippen LogP contribution in [-0.4, -0.2) is 46.2 Å². The summed E-state index contributed by atoms with van der Waals surface area (Å²) in [5, 5.41) is 26.2. The van der Waals surface area contributed by atoms with E-state index in [0.29, 0.717) is 5.57 Å². The molecule has 0 saturated heterocycles. The molecule has 0 radical (unpaired) electrons. The zero-order valence-electron chi connectivity index (χ0n) is 7.82. The predicted molar refractivity (Wildman–Crippen MR) is 46.5 cm³/mol. The number of hydrogen-bond donors (Lipinski definition) is 3. The number of hydrogen-bond acceptors (Lipinski definition) is 4. The summed E-state index contributed by atoms with van der Waals surface area (Å²) < 4.78 is 0. The molecule has 0 rings (SSSR count). The average Bonchev–Trinajstić information content (AvgIpc) is 2.07. The third-order valence-corrected chi connectivity index (χ3v) is 1.65. The highest BCUT2D eigenvalue weighted by molar-refractivity contribution is 5.94. The molecule has 0 bridgehead atoms. The topological polar surface area (TPSA) is 81.0 Å². The molecular weight excluding hydrogens is 174 g/mol. The maximum Gasteiger partial charge on any atom is 0.255 e. The van der Waals surface area contributed by atoms with Gasteiger partial charge in [-0.2, -0.15) is 0 Å². The van der Waals surface area contributed by atoms with E-state index in [1.165, 1.54) is 0 Å². The molecule has 0 fully saturated rings. The van der Waals surface area contributed by atoms with Crippen molar-refractivity contribution in [2.45, 2.75) is 13.8 Å². The first-order chi connectivity index (χ1) is 6.08. The van der Waals surface area contributed by atoms with Crippen LogP contribution in [0.2, 0.25) is 0 Å². The predicted octanol–water partition coefficient (Wildman–Crippen LogP) is -0.957. The van der Waals surface area contributed by atoms with Crippen molar-refractivity contribution in [3.8, 4) is 0 Å². The molecule has 0 aromatic rings. The highest BCUT2D eigenvalue weighted by atomic mass is 16.3. The molecule has 0 aliphatic carbocycles. The van der Waals surface area contributed by atoms with Crippen molar-refractivity contribution in [3.05, 3.63) is 11.1 Å². The molecule has 0 saturated carbocycles. The molecule has 76 valence electrons. The van der Waals surface area contributed by atoms with Crippen molar-refractivity contribution < 1.29 is 20.1 Å². The maximum atomic E-state index is 11.4. The molecule has 1 amide bonds. The van der Waals surface area contributed by atoms with E-state index < -0.39 is 26.0 Å². The fraction of sp³-hybridized carbons (Fsp3) is 0.625. The van der Waals surface area contributed by atoms with Crippen molar-refractivity contribution in [2.75, 3.05) is 20.1 Å². The largest absolute Gasteiger partial charge is 0.391 e. The summed E-state index contributed by atoms with van der Waals surface area (Å²) in [5.41, 5.74) is 0.863. The van der Waals surface area contributed by atoms with Crippen LogP contribution in [0.3, 0.4) is 0 Å². The maximum absolute atomic E-state index is 11.4. The molecule has 0 spiro atoms. The fourth-order valence-corrected chi connectivity index (χ4v) is 0.804. The number of carbonyl (C=O) groups is 1. The van der Waals surface area contributed by atoms with Gasteiger partial charge in [-0.25, -0.2) is 0 Å². The van der Waals surface area contributed by atoms with Crippen LogP contribution < -0.4 is 0 Å². The van der Waals surface area contributed by atoms with Gasteiger partial charge in [0.2, 0.25) is 0 Å². The first kappa shape index (κ1) is 12.1. The minimum Gasteiger partial charge on any atom is -0.391 e. The van der Waals surface area contributed by atoms with Crippen LogP contribution in [0.1, 0.15) is 13.8 Å². The van der Waals surface area contributed by atoms with Gasteiger partial charge in [-0.1, -0.05) is 5.57 Å². The van der Waals surface area contributed by atoms with Crippen LogP contribution in [0, 0.1) is 0 Å². The van der Waals surface area contributed by atoms with Gasteiger partial charge >= 0.3 is 0 Å². The van der Waals surface area contributed by atoms with Crippen LogP contribution in [0.25, 0.3) is 0 Å². The van der Waals surface area contributed by atoms with E-state index in [1.807, 2.05) is 0 Å². The number of carbonyl (C=O) groups excluding carboxylic acids is 1. The lowest BCUT2D eigenvalue weighted by atomic mass is 10.1. The zero-order chi connectivity index (χ0) is 10.4. The summed E-state index contributed by atoms with van der Waals surface area (Å²) >= 11 is 0. The molecule has 0 aromatic heterocycles. The Kier molecular flexibility index (Phi) is 5.29. The number of aliphatic hydroxyl groups excluding tert-OH is 3. The zero-order valence-corrected chi connectivity index (χ0v) is 7.82. The third-order valence-electron chi connectivity index (χ3n) is 1.65. The van der Waals surface area contributed by atoms with Crippen LogP contribution in [0.5, 0.6) is 0 Å². The van der Waals surface area contributed by atoms with Crippen molar-refractivity contribution in [2.24, 2.45) is 0 Å². The normalized spacial score (nSPS) is 9.62. The summed E-state index contributed by atoms with van der Waals surface area (Å²) in [5.74, 6) is -0.549. The molecule has 0 heterocycles. The Morgan fingerprint density at radius 2 is 1.62 bits per heavy atom. The summed E-state index contributed by atoms with van der Waals surface area (Å²) in [4.78, 5) is 12.2. The Labute approximate surface area is 76.9 Å². The lowest BCUT2D eigenvalue weighted by molar-refractivity contribution is -0.135. The Hall–Kier alpha value is -0.910. The van der Waals surface area contributed by atoms with Gasteiger partial charge in [-0.15, -0.1) is 0 Å². The van der Waals surface area contributed by atoms with E-state index in [2.05, 4.69) is 0 Å². The van der Waals surface area contributed by atoms with Crippen molar-refractivity contribution in [1.82, 2.24) is 4.90 Å². The van der Waals surface area contributed by atoms with Gasteiger partial charge in [0.25, 0.3) is 5.91 Å². The quantitative estimate of drug-likeness (QED) is 0.393. The number of aliphatic hydroxyl groups is 3. The van der Waals surface area contributed by atoms with Gasteiger partial charge in [0.15, 0.2) is 0 Å². The van der Waals surface area contributed by atoms with Gasteiger partial charge in [0, 0.05) is 5.57 Å². The molecular formula is C8H15NO4.